The molecule has 3 N–H and O–H groups in total. The summed E-state index contributed by atoms with van der Waals surface area (Å²) >= 11 is 0. The minimum absolute atomic E-state index is 0. The number of ether oxygens (including phenoxy) is 1. The summed E-state index contributed by atoms with van der Waals surface area (Å²) in [4.78, 5) is 16.1. The quantitative estimate of drug-likeness (QED) is 0.226. The van der Waals surface area contributed by atoms with Gasteiger partial charge in [0.05, 0.1) is 6.54 Å². The highest BCUT2D eigenvalue weighted by molar-refractivity contribution is 14.0. The number of alkyl carbamates (subject to hydrolysis) is 1. The van der Waals surface area contributed by atoms with Crippen LogP contribution in [0, 0.1) is 0 Å². The van der Waals surface area contributed by atoms with E-state index in [0.717, 1.165) is 17.8 Å². The molecule has 1 heterocycles. The van der Waals surface area contributed by atoms with Gasteiger partial charge < -0.3 is 25.2 Å². The summed E-state index contributed by atoms with van der Waals surface area (Å²) < 4.78 is 10.6. The van der Waals surface area contributed by atoms with Gasteiger partial charge in [0.15, 0.2) is 11.7 Å². The Hall–Kier alpha value is -2.30. The summed E-state index contributed by atoms with van der Waals surface area (Å²) in [6.07, 6.45) is -0.438. The Morgan fingerprint density at radius 3 is 2.48 bits per heavy atom. The average molecular weight is 515 g/mol. The molecule has 0 fully saturated rings. The van der Waals surface area contributed by atoms with Gasteiger partial charge in [0.2, 0.25) is 0 Å². The van der Waals surface area contributed by atoms with Gasteiger partial charge in [0.1, 0.15) is 11.3 Å². The Morgan fingerprint density at radius 1 is 1.14 bits per heavy atom. The molecule has 1 aromatic carbocycles. The fourth-order valence-electron chi connectivity index (χ4n) is 2.29. The monoisotopic (exact) mass is 515 g/mol. The van der Waals surface area contributed by atoms with E-state index >= 15 is 0 Å². The molecule has 0 aliphatic carbocycles. The number of amides is 1. The van der Waals surface area contributed by atoms with Crippen molar-refractivity contribution in [2.75, 3.05) is 19.6 Å². The molecule has 0 saturated heterocycles. The van der Waals surface area contributed by atoms with Gasteiger partial charge in [-0.25, -0.2) is 9.79 Å². The zero-order valence-corrected chi connectivity index (χ0v) is 19.7. The lowest BCUT2D eigenvalue weighted by Gasteiger charge is -2.19. The molecule has 0 spiro atoms. The van der Waals surface area contributed by atoms with Gasteiger partial charge in [-0.2, -0.15) is 0 Å². The first kappa shape index (κ1) is 24.7. The number of carbonyl (C=O) groups is 1. The highest BCUT2D eigenvalue weighted by Crippen LogP contribution is 2.19. The van der Waals surface area contributed by atoms with Crippen LogP contribution in [0.3, 0.4) is 0 Å². The molecule has 1 aromatic heterocycles. The Balaban J connectivity index is 0.00000420. The second-order valence-corrected chi connectivity index (χ2v) is 7.10. The highest BCUT2D eigenvalue weighted by atomic mass is 127. The Morgan fingerprint density at radius 2 is 1.83 bits per heavy atom. The number of carbonyl (C=O) groups excluding carboxylic acids is 1. The van der Waals surface area contributed by atoms with Crippen molar-refractivity contribution in [3.8, 4) is 11.3 Å². The molecule has 0 unspecified atom stereocenters. The lowest BCUT2D eigenvalue weighted by molar-refractivity contribution is 0.0529. The van der Waals surface area contributed by atoms with Crippen LogP contribution >= 0.6 is 24.0 Å². The number of hydrogen-bond donors (Lipinski definition) is 3. The molecule has 9 heteroatoms. The summed E-state index contributed by atoms with van der Waals surface area (Å²) in [5.74, 6) is 1.35. The maximum Gasteiger partial charge on any atom is 0.407 e. The third kappa shape index (κ3) is 9.64. The number of aromatic nitrogens is 1. The predicted molar refractivity (Wildman–Crippen MR) is 124 cm³/mol. The number of nitrogens with one attached hydrogen (secondary N) is 3. The second kappa shape index (κ2) is 12.3. The summed E-state index contributed by atoms with van der Waals surface area (Å²) in [6.45, 7) is 9.50. The minimum atomic E-state index is -0.510. The van der Waals surface area contributed by atoms with Crippen LogP contribution in [0.1, 0.15) is 33.4 Å². The SMILES string of the molecule is CCNC(=NCc1cc(-c2ccccc2)on1)NCCNC(=O)OC(C)(C)C.I. The van der Waals surface area contributed by atoms with E-state index in [1.165, 1.54) is 0 Å². The van der Waals surface area contributed by atoms with E-state index in [4.69, 9.17) is 9.26 Å². The van der Waals surface area contributed by atoms with Crippen LogP contribution in [-0.4, -0.2) is 42.4 Å². The number of halogens is 1. The van der Waals surface area contributed by atoms with Gasteiger partial charge in [-0.1, -0.05) is 35.5 Å². The second-order valence-electron chi connectivity index (χ2n) is 7.10. The zero-order valence-electron chi connectivity index (χ0n) is 17.3. The van der Waals surface area contributed by atoms with Crippen molar-refractivity contribution in [3.05, 3.63) is 42.1 Å². The first-order chi connectivity index (χ1) is 13.4. The smallest absolute Gasteiger partial charge is 0.407 e. The minimum Gasteiger partial charge on any atom is -0.444 e. The van der Waals surface area contributed by atoms with Crippen LogP contribution < -0.4 is 16.0 Å². The van der Waals surface area contributed by atoms with E-state index in [1.807, 2.05) is 64.1 Å². The van der Waals surface area contributed by atoms with Crippen molar-refractivity contribution in [1.29, 1.82) is 0 Å². The van der Waals surface area contributed by atoms with E-state index in [0.29, 0.717) is 31.4 Å². The molecule has 2 rings (SSSR count). The van der Waals surface area contributed by atoms with Crippen molar-refractivity contribution < 1.29 is 14.1 Å². The molecule has 160 valence electrons. The predicted octanol–water partition coefficient (Wildman–Crippen LogP) is 3.54. The molecule has 0 bridgehead atoms. The molecule has 0 atom stereocenters. The van der Waals surface area contributed by atoms with Crippen LogP contribution in [0.2, 0.25) is 0 Å². The number of nitrogens with zero attached hydrogens (tertiary/aromatic N) is 2. The Kier molecular flexibility index (Phi) is 10.5. The van der Waals surface area contributed by atoms with Crippen LogP contribution in [0.25, 0.3) is 11.3 Å². The van der Waals surface area contributed by atoms with E-state index in [-0.39, 0.29) is 24.0 Å². The van der Waals surface area contributed by atoms with Gasteiger partial charge in [-0.3, -0.25) is 0 Å². The largest absolute Gasteiger partial charge is 0.444 e. The number of hydrogen-bond acceptors (Lipinski definition) is 5. The normalized spacial score (nSPS) is 11.4. The maximum absolute atomic E-state index is 11.6. The Bertz CT molecular complexity index is 772. The topological polar surface area (TPSA) is 101 Å². The first-order valence-electron chi connectivity index (χ1n) is 9.37. The van der Waals surface area contributed by atoms with Gasteiger partial charge in [0, 0.05) is 31.3 Å². The number of benzene rings is 1. The fourth-order valence-corrected chi connectivity index (χ4v) is 2.29. The van der Waals surface area contributed by atoms with Crippen LogP contribution in [0.15, 0.2) is 45.9 Å². The summed E-state index contributed by atoms with van der Waals surface area (Å²) in [5.41, 5.74) is 1.20. The highest BCUT2D eigenvalue weighted by Gasteiger charge is 2.15. The van der Waals surface area contributed by atoms with E-state index in [1.54, 1.807) is 0 Å². The summed E-state index contributed by atoms with van der Waals surface area (Å²) in [5, 5.41) is 13.1. The van der Waals surface area contributed by atoms with Crippen molar-refractivity contribution in [2.24, 2.45) is 4.99 Å². The third-order valence-electron chi connectivity index (χ3n) is 3.45. The van der Waals surface area contributed by atoms with E-state index in [2.05, 4.69) is 26.1 Å². The lowest BCUT2D eigenvalue weighted by atomic mass is 10.2. The van der Waals surface area contributed by atoms with Gasteiger partial charge >= 0.3 is 6.09 Å². The van der Waals surface area contributed by atoms with Crippen molar-refractivity contribution in [1.82, 2.24) is 21.1 Å². The number of aliphatic imine (C=N–C) groups is 1. The van der Waals surface area contributed by atoms with Crippen molar-refractivity contribution in [3.63, 3.8) is 0 Å². The fraction of sp³-hybridized carbons (Fsp3) is 0.450. The summed E-state index contributed by atoms with van der Waals surface area (Å²) in [7, 11) is 0. The van der Waals surface area contributed by atoms with Gasteiger partial charge in [-0.15, -0.1) is 24.0 Å². The summed E-state index contributed by atoms with van der Waals surface area (Å²) in [6, 6.07) is 11.7. The number of rotatable bonds is 7. The Labute approximate surface area is 188 Å². The molecule has 0 aliphatic rings. The third-order valence-corrected chi connectivity index (χ3v) is 3.45. The van der Waals surface area contributed by atoms with Crippen LogP contribution in [0.4, 0.5) is 4.79 Å². The molecule has 0 saturated carbocycles. The van der Waals surface area contributed by atoms with Crippen molar-refractivity contribution >= 4 is 36.0 Å². The van der Waals surface area contributed by atoms with Gasteiger partial charge in [0.25, 0.3) is 0 Å². The lowest BCUT2D eigenvalue weighted by Crippen LogP contribution is -2.42. The molecule has 0 aliphatic heterocycles. The number of guanidine groups is 1. The maximum atomic E-state index is 11.6. The molecule has 2 aromatic rings. The molecule has 29 heavy (non-hydrogen) atoms. The van der Waals surface area contributed by atoms with E-state index < -0.39 is 11.7 Å². The van der Waals surface area contributed by atoms with Crippen LogP contribution in [-0.2, 0) is 11.3 Å². The van der Waals surface area contributed by atoms with Gasteiger partial charge in [-0.05, 0) is 27.7 Å². The molecule has 8 nitrogen and oxygen atoms in total. The standard InChI is InChI=1S/C20H29N5O3.HI/c1-5-21-18(22-11-12-23-19(26)27-20(2,3)4)24-14-16-13-17(28-25-16)15-9-7-6-8-10-15;/h6-10,13H,5,11-12,14H2,1-4H3,(H,23,26)(H2,21,22,24);1H. The first-order valence-corrected chi connectivity index (χ1v) is 9.37. The average Bonchev–Trinajstić information content (AvgIpc) is 3.11. The van der Waals surface area contributed by atoms with Crippen LogP contribution in [0.5, 0.6) is 0 Å². The molecular formula is C20H30IN5O3. The molecule has 0 radical (unpaired) electrons. The van der Waals surface area contributed by atoms with E-state index in [9.17, 15) is 4.79 Å². The molecule has 1 amide bonds. The molecular weight excluding hydrogens is 485 g/mol. The van der Waals surface area contributed by atoms with Crippen molar-refractivity contribution in [2.45, 2.75) is 39.8 Å². The zero-order chi connectivity index (χ0) is 20.4.